The zero-order valence-corrected chi connectivity index (χ0v) is 15.3. The molecular weight excluding hydrogens is 376 g/mol. The first kappa shape index (κ1) is 17.6. The van der Waals surface area contributed by atoms with E-state index >= 15 is 0 Å². The van der Waals surface area contributed by atoms with Crippen LogP contribution in [0.5, 0.6) is 0 Å². The third kappa shape index (κ3) is 3.81. The number of carbonyl (C=O) groups is 2. The molecule has 0 spiro atoms. The molecule has 0 unspecified atom stereocenters. The Kier molecular flexibility index (Phi) is 4.94. The number of aromatic nitrogens is 2. The highest BCUT2D eigenvalue weighted by Crippen LogP contribution is 2.22. The van der Waals surface area contributed by atoms with Gasteiger partial charge in [-0.3, -0.25) is 9.59 Å². The van der Waals surface area contributed by atoms with E-state index in [2.05, 4.69) is 20.8 Å². The summed E-state index contributed by atoms with van der Waals surface area (Å²) in [6, 6.07) is 15.6. The van der Waals surface area contributed by atoms with Crippen LogP contribution in [0.2, 0.25) is 0 Å². The second-order valence-corrected chi connectivity index (χ2v) is 6.57. The van der Waals surface area contributed by atoms with Crippen molar-refractivity contribution in [2.75, 3.05) is 10.6 Å². The number of anilines is 2. The zero-order valence-electron chi connectivity index (χ0n) is 14.5. The summed E-state index contributed by atoms with van der Waals surface area (Å²) in [5.74, 6) is -0.247. The number of nitrogens with zero attached hydrogens (tertiary/aromatic N) is 2. The number of hydrogen-bond acceptors (Lipinski definition) is 6. The lowest BCUT2D eigenvalue weighted by Crippen LogP contribution is -2.18. The summed E-state index contributed by atoms with van der Waals surface area (Å²) in [6.45, 7) is 0. The molecule has 7 nitrogen and oxygen atoms in total. The smallest absolute Gasteiger partial charge is 0.257 e. The Balaban J connectivity index is 1.54. The Morgan fingerprint density at radius 3 is 2.64 bits per heavy atom. The number of nitrogens with one attached hydrogen (secondary N) is 2. The van der Waals surface area contributed by atoms with Gasteiger partial charge in [-0.25, -0.2) is 0 Å². The van der Waals surface area contributed by atoms with E-state index in [9.17, 15) is 9.59 Å². The van der Waals surface area contributed by atoms with Crippen molar-refractivity contribution in [3.63, 3.8) is 0 Å². The molecule has 2 aromatic carbocycles. The molecule has 0 saturated carbocycles. The first-order chi connectivity index (χ1) is 13.7. The molecule has 138 valence electrons. The Morgan fingerprint density at radius 2 is 1.86 bits per heavy atom. The third-order valence-electron chi connectivity index (χ3n) is 3.93. The van der Waals surface area contributed by atoms with E-state index in [0.717, 1.165) is 0 Å². The number of carbonyl (C=O) groups excluding carboxylic acids is 2. The summed E-state index contributed by atoms with van der Waals surface area (Å²) in [4.78, 5) is 25.1. The molecule has 2 N–H and O–H groups in total. The minimum atomic E-state index is -0.344. The average molecular weight is 390 g/mol. The van der Waals surface area contributed by atoms with Gasteiger partial charge >= 0.3 is 0 Å². The van der Waals surface area contributed by atoms with Gasteiger partial charge < -0.3 is 15.1 Å². The maximum Gasteiger partial charge on any atom is 0.257 e. The molecule has 2 amide bonds. The van der Waals surface area contributed by atoms with Crippen LogP contribution in [0.1, 0.15) is 20.7 Å². The quantitative estimate of drug-likeness (QED) is 0.529. The van der Waals surface area contributed by atoms with Gasteiger partial charge in [0.05, 0.1) is 16.8 Å². The van der Waals surface area contributed by atoms with Crippen LogP contribution >= 0.6 is 11.3 Å². The van der Waals surface area contributed by atoms with Crippen molar-refractivity contribution < 1.29 is 14.0 Å². The Hall–Kier alpha value is -3.78. The molecule has 0 radical (unpaired) electrons. The number of hydrogen-bond donors (Lipinski definition) is 2. The summed E-state index contributed by atoms with van der Waals surface area (Å²) in [7, 11) is 0. The van der Waals surface area contributed by atoms with Crippen LogP contribution in [-0.4, -0.2) is 22.0 Å². The maximum absolute atomic E-state index is 12.8. The summed E-state index contributed by atoms with van der Waals surface area (Å²) < 4.78 is 5.18. The Bertz CT molecular complexity index is 1110. The van der Waals surface area contributed by atoms with E-state index in [1.165, 1.54) is 17.7 Å². The molecule has 0 atom stereocenters. The number of amides is 2. The normalized spacial score (nSPS) is 10.4. The van der Waals surface area contributed by atoms with Crippen molar-refractivity contribution >= 4 is 34.5 Å². The fraction of sp³-hybridized carbons (Fsp3) is 0. The van der Waals surface area contributed by atoms with Crippen LogP contribution in [0.25, 0.3) is 11.5 Å². The molecule has 0 saturated heterocycles. The molecule has 8 heteroatoms. The monoisotopic (exact) mass is 390 g/mol. The minimum Gasteiger partial charge on any atom is -0.423 e. The molecule has 2 aromatic heterocycles. The van der Waals surface area contributed by atoms with Gasteiger partial charge in [-0.05, 0) is 41.8 Å². The van der Waals surface area contributed by atoms with Crippen LogP contribution in [0.15, 0.2) is 76.2 Å². The lowest BCUT2D eigenvalue weighted by atomic mass is 10.1. The van der Waals surface area contributed by atoms with Gasteiger partial charge in [0.25, 0.3) is 11.8 Å². The average Bonchev–Trinajstić information content (AvgIpc) is 3.43. The van der Waals surface area contributed by atoms with Crippen molar-refractivity contribution in [1.29, 1.82) is 0 Å². The van der Waals surface area contributed by atoms with Gasteiger partial charge in [0.1, 0.15) is 0 Å². The topological polar surface area (TPSA) is 97.1 Å². The van der Waals surface area contributed by atoms with E-state index in [0.29, 0.717) is 34.0 Å². The number of rotatable bonds is 5. The fourth-order valence-electron chi connectivity index (χ4n) is 2.61. The van der Waals surface area contributed by atoms with Crippen molar-refractivity contribution in [2.45, 2.75) is 0 Å². The van der Waals surface area contributed by atoms with E-state index in [4.69, 9.17) is 4.42 Å². The summed E-state index contributed by atoms with van der Waals surface area (Å²) in [6.07, 6.45) is 1.24. The Morgan fingerprint density at radius 1 is 0.964 bits per heavy atom. The highest BCUT2D eigenvalue weighted by Gasteiger charge is 2.15. The summed E-state index contributed by atoms with van der Waals surface area (Å²) in [5, 5.41) is 16.7. The van der Waals surface area contributed by atoms with Gasteiger partial charge in [0.15, 0.2) is 0 Å². The van der Waals surface area contributed by atoms with Gasteiger partial charge in [0, 0.05) is 16.6 Å². The number of para-hydroxylation sites is 1. The molecule has 4 aromatic rings. The van der Waals surface area contributed by atoms with Crippen molar-refractivity contribution in [2.24, 2.45) is 0 Å². The summed E-state index contributed by atoms with van der Waals surface area (Å²) >= 11 is 1.43. The van der Waals surface area contributed by atoms with Crippen LogP contribution in [0.3, 0.4) is 0 Å². The first-order valence-electron chi connectivity index (χ1n) is 8.31. The second-order valence-electron chi connectivity index (χ2n) is 5.79. The van der Waals surface area contributed by atoms with Crippen LogP contribution in [0.4, 0.5) is 11.4 Å². The number of benzene rings is 2. The van der Waals surface area contributed by atoms with Gasteiger partial charge in [-0.1, -0.05) is 18.2 Å². The fourth-order valence-corrected chi connectivity index (χ4v) is 3.24. The molecule has 0 aliphatic carbocycles. The SMILES string of the molecule is O=C(Nc1ccccc1C(=O)Nc1cccc(-c2nnco2)c1)c1ccsc1. The molecule has 0 bridgehead atoms. The largest absolute Gasteiger partial charge is 0.423 e. The molecule has 0 aliphatic heterocycles. The highest BCUT2D eigenvalue weighted by atomic mass is 32.1. The van der Waals surface area contributed by atoms with Crippen molar-refractivity contribution in [3.05, 3.63) is 82.9 Å². The zero-order chi connectivity index (χ0) is 19.3. The van der Waals surface area contributed by atoms with Crippen LogP contribution in [-0.2, 0) is 0 Å². The maximum atomic E-state index is 12.8. The predicted molar refractivity (Wildman–Crippen MR) is 106 cm³/mol. The summed E-state index contributed by atoms with van der Waals surface area (Å²) in [5.41, 5.74) is 2.60. The van der Waals surface area contributed by atoms with E-state index < -0.39 is 0 Å². The van der Waals surface area contributed by atoms with Crippen molar-refractivity contribution in [1.82, 2.24) is 10.2 Å². The lowest BCUT2D eigenvalue weighted by molar-refractivity contribution is 0.102. The van der Waals surface area contributed by atoms with E-state index in [1.54, 1.807) is 60.0 Å². The van der Waals surface area contributed by atoms with Gasteiger partial charge in [-0.15, -0.1) is 10.2 Å². The van der Waals surface area contributed by atoms with Gasteiger partial charge in [0.2, 0.25) is 12.3 Å². The highest BCUT2D eigenvalue weighted by molar-refractivity contribution is 7.08. The minimum absolute atomic E-state index is 0.264. The van der Waals surface area contributed by atoms with Crippen molar-refractivity contribution in [3.8, 4) is 11.5 Å². The molecule has 0 aliphatic rings. The number of thiophene rings is 1. The molecular formula is C20H14N4O3S. The lowest BCUT2D eigenvalue weighted by Gasteiger charge is -2.11. The second kappa shape index (κ2) is 7.85. The molecule has 4 rings (SSSR count). The van der Waals surface area contributed by atoms with E-state index in [1.807, 2.05) is 5.38 Å². The van der Waals surface area contributed by atoms with Crippen LogP contribution < -0.4 is 10.6 Å². The predicted octanol–water partition coefficient (Wildman–Crippen LogP) is 4.30. The molecule has 28 heavy (non-hydrogen) atoms. The molecule has 0 fully saturated rings. The Labute approximate surface area is 164 Å². The van der Waals surface area contributed by atoms with Crippen LogP contribution in [0, 0.1) is 0 Å². The van der Waals surface area contributed by atoms with Gasteiger partial charge in [-0.2, -0.15) is 11.3 Å². The first-order valence-corrected chi connectivity index (χ1v) is 9.25. The van der Waals surface area contributed by atoms with E-state index in [-0.39, 0.29) is 11.8 Å². The standard InChI is InChI=1S/C20H14N4O3S/c25-18(14-8-9-28-11-14)23-17-7-2-1-6-16(17)19(26)22-15-5-3-4-13(10-15)20-24-21-12-27-20/h1-12H,(H,22,26)(H,23,25). The third-order valence-corrected chi connectivity index (χ3v) is 4.61. The molecule has 2 heterocycles.